The van der Waals surface area contributed by atoms with Gasteiger partial charge in [0.15, 0.2) is 0 Å². The van der Waals surface area contributed by atoms with Crippen LogP contribution in [0.2, 0.25) is 5.02 Å². The van der Waals surface area contributed by atoms with Gasteiger partial charge in [0, 0.05) is 17.1 Å². The van der Waals surface area contributed by atoms with Crippen LogP contribution >= 0.6 is 11.6 Å². The number of benzene rings is 1. The molecule has 0 spiro atoms. The van der Waals surface area contributed by atoms with E-state index in [0.29, 0.717) is 17.1 Å². The van der Waals surface area contributed by atoms with Crippen LogP contribution < -0.4 is 5.32 Å². The molecule has 0 aliphatic heterocycles. The summed E-state index contributed by atoms with van der Waals surface area (Å²) in [5.41, 5.74) is 0.606. The van der Waals surface area contributed by atoms with Gasteiger partial charge in [-0.1, -0.05) is 62.3 Å². The molecular formula is C22H33ClN2O. The van der Waals surface area contributed by atoms with Crippen molar-refractivity contribution in [2.75, 3.05) is 0 Å². The third kappa shape index (κ3) is 4.73. The van der Waals surface area contributed by atoms with Crippen molar-refractivity contribution < 1.29 is 4.79 Å². The van der Waals surface area contributed by atoms with Gasteiger partial charge in [0.1, 0.15) is 0 Å². The molecule has 2 saturated carbocycles. The topological polar surface area (TPSA) is 32.3 Å². The number of halogens is 1. The number of hydrogen-bond acceptors (Lipinski definition) is 1. The molecule has 3 rings (SSSR count). The molecule has 0 heterocycles. The van der Waals surface area contributed by atoms with Crippen LogP contribution in [-0.4, -0.2) is 23.0 Å². The molecule has 2 aliphatic carbocycles. The second-order valence-electron chi connectivity index (χ2n) is 8.56. The number of nitrogens with zero attached hydrogens (tertiary/aromatic N) is 1. The fourth-order valence-electron chi connectivity index (χ4n) is 4.63. The average Bonchev–Trinajstić information content (AvgIpc) is 2.63. The quantitative estimate of drug-likeness (QED) is 0.661. The third-order valence-corrected chi connectivity index (χ3v) is 6.37. The Kier molecular flexibility index (Phi) is 6.50. The van der Waals surface area contributed by atoms with Gasteiger partial charge in [-0.05, 0) is 57.2 Å². The van der Waals surface area contributed by atoms with E-state index in [1.165, 1.54) is 38.5 Å². The molecular weight excluding hydrogens is 344 g/mol. The van der Waals surface area contributed by atoms with Crippen molar-refractivity contribution >= 4 is 17.6 Å². The highest BCUT2D eigenvalue weighted by molar-refractivity contribution is 6.30. The van der Waals surface area contributed by atoms with Gasteiger partial charge in [-0.15, -0.1) is 0 Å². The number of amides is 2. The molecule has 2 aliphatic rings. The summed E-state index contributed by atoms with van der Waals surface area (Å²) in [6.45, 7) is 4.13. The van der Waals surface area contributed by atoms with Crippen LogP contribution in [0.3, 0.4) is 0 Å². The number of urea groups is 1. The summed E-state index contributed by atoms with van der Waals surface area (Å²) >= 11 is 6.17. The Morgan fingerprint density at radius 2 is 1.54 bits per heavy atom. The van der Waals surface area contributed by atoms with Gasteiger partial charge in [-0.3, -0.25) is 0 Å². The average molecular weight is 377 g/mol. The summed E-state index contributed by atoms with van der Waals surface area (Å²) in [4.78, 5) is 15.6. The van der Waals surface area contributed by atoms with Crippen LogP contribution in [-0.2, 0) is 5.54 Å². The molecule has 1 aromatic carbocycles. The maximum Gasteiger partial charge on any atom is 0.318 e. The maximum atomic E-state index is 13.4. The van der Waals surface area contributed by atoms with Gasteiger partial charge >= 0.3 is 6.03 Å². The van der Waals surface area contributed by atoms with Crippen LogP contribution in [0.1, 0.15) is 83.6 Å². The fourth-order valence-corrected chi connectivity index (χ4v) is 4.82. The smallest absolute Gasteiger partial charge is 0.318 e. The molecule has 26 heavy (non-hydrogen) atoms. The zero-order valence-electron chi connectivity index (χ0n) is 16.3. The predicted molar refractivity (Wildman–Crippen MR) is 109 cm³/mol. The first-order chi connectivity index (χ1) is 12.5. The number of nitrogens with one attached hydrogen (secondary N) is 1. The Labute approximate surface area is 163 Å². The Bertz CT molecular complexity index is 586. The van der Waals surface area contributed by atoms with Crippen LogP contribution in [0, 0.1) is 0 Å². The van der Waals surface area contributed by atoms with Gasteiger partial charge in [0.25, 0.3) is 0 Å². The molecule has 0 radical (unpaired) electrons. The summed E-state index contributed by atoms with van der Waals surface area (Å²) in [5, 5.41) is 4.03. The van der Waals surface area contributed by atoms with E-state index in [0.717, 1.165) is 31.2 Å². The number of carbonyl (C=O) groups excluding carboxylic acids is 1. The van der Waals surface area contributed by atoms with Crippen LogP contribution in [0.25, 0.3) is 0 Å². The highest BCUT2D eigenvalue weighted by Gasteiger charge is 2.35. The first kappa shape index (κ1) is 19.5. The molecule has 2 amide bonds. The first-order valence-corrected chi connectivity index (χ1v) is 10.7. The van der Waals surface area contributed by atoms with E-state index >= 15 is 0 Å². The van der Waals surface area contributed by atoms with Crippen molar-refractivity contribution in [1.29, 1.82) is 0 Å². The molecule has 4 heteroatoms. The molecule has 2 fully saturated rings. The Morgan fingerprint density at radius 1 is 1.00 bits per heavy atom. The SMILES string of the molecule is CC(C)(NC(=O)N(C1CCCCC1)C1CCCCC1)c1cccc(Cl)c1. The lowest BCUT2D eigenvalue weighted by Crippen LogP contribution is -2.56. The molecule has 0 saturated heterocycles. The van der Waals surface area contributed by atoms with Gasteiger partial charge in [0.2, 0.25) is 0 Å². The highest BCUT2D eigenvalue weighted by Crippen LogP contribution is 2.31. The lowest BCUT2D eigenvalue weighted by atomic mass is 9.88. The van der Waals surface area contributed by atoms with Gasteiger partial charge in [-0.2, -0.15) is 0 Å². The Morgan fingerprint density at radius 3 is 2.04 bits per heavy atom. The number of rotatable bonds is 4. The minimum atomic E-state index is -0.441. The normalized spacial score (nSPS) is 20.0. The molecule has 1 aromatic rings. The standard InChI is InChI=1S/C22H33ClN2O/c1-22(2,17-10-9-11-18(23)16-17)24-21(26)25(19-12-5-3-6-13-19)20-14-7-4-8-15-20/h9-11,16,19-20H,3-8,12-15H2,1-2H3,(H,24,26). The molecule has 3 nitrogen and oxygen atoms in total. The van der Waals surface area contributed by atoms with E-state index in [9.17, 15) is 4.79 Å². The summed E-state index contributed by atoms with van der Waals surface area (Å²) in [6.07, 6.45) is 12.2. The molecule has 1 N–H and O–H groups in total. The predicted octanol–water partition coefficient (Wildman–Crippen LogP) is 6.25. The molecule has 0 atom stereocenters. The molecule has 0 bridgehead atoms. The fraction of sp³-hybridized carbons (Fsp3) is 0.682. The van der Waals surface area contributed by atoms with E-state index in [4.69, 9.17) is 11.6 Å². The van der Waals surface area contributed by atoms with E-state index < -0.39 is 5.54 Å². The van der Waals surface area contributed by atoms with Crippen molar-refractivity contribution in [1.82, 2.24) is 10.2 Å². The number of carbonyl (C=O) groups is 1. The molecule has 0 aromatic heterocycles. The Balaban J connectivity index is 1.77. The molecule has 144 valence electrons. The van der Waals surface area contributed by atoms with Crippen molar-refractivity contribution in [2.45, 2.75) is 95.7 Å². The summed E-state index contributed by atoms with van der Waals surface area (Å²) in [5.74, 6) is 0. The Hall–Kier alpha value is -1.22. The van der Waals surface area contributed by atoms with E-state index in [-0.39, 0.29) is 6.03 Å². The van der Waals surface area contributed by atoms with Crippen molar-refractivity contribution in [3.05, 3.63) is 34.9 Å². The van der Waals surface area contributed by atoms with E-state index in [1.54, 1.807) is 0 Å². The lowest BCUT2D eigenvalue weighted by molar-refractivity contribution is 0.0991. The van der Waals surface area contributed by atoms with Crippen LogP contribution in [0.4, 0.5) is 4.79 Å². The van der Waals surface area contributed by atoms with Crippen LogP contribution in [0.15, 0.2) is 24.3 Å². The van der Waals surface area contributed by atoms with E-state index in [2.05, 4.69) is 24.1 Å². The van der Waals surface area contributed by atoms with Gasteiger partial charge < -0.3 is 10.2 Å². The maximum absolute atomic E-state index is 13.4. The minimum Gasteiger partial charge on any atom is -0.329 e. The van der Waals surface area contributed by atoms with E-state index in [1.807, 2.05) is 24.3 Å². The zero-order valence-corrected chi connectivity index (χ0v) is 17.0. The second-order valence-corrected chi connectivity index (χ2v) is 8.99. The van der Waals surface area contributed by atoms with Crippen molar-refractivity contribution in [2.24, 2.45) is 0 Å². The second kappa shape index (κ2) is 8.65. The van der Waals surface area contributed by atoms with Crippen molar-refractivity contribution in [3.63, 3.8) is 0 Å². The minimum absolute atomic E-state index is 0.105. The monoisotopic (exact) mass is 376 g/mol. The molecule has 0 unspecified atom stereocenters. The first-order valence-electron chi connectivity index (χ1n) is 10.3. The zero-order chi connectivity index (χ0) is 18.6. The van der Waals surface area contributed by atoms with Gasteiger partial charge in [-0.25, -0.2) is 4.79 Å². The van der Waals surface area contributed by atoms with Crippen LogP contribution in [0.5, 0.6) is 0 Å². The third-order valence-electron chi connectivity index (χ3n) is 6.14. The lowest BCUT2D eigenvalue weighted by Gasteiger charge is -2.43. The summed E-state index contributed by atoms with van der Waals surface area (Å²) in [7, 11) is 0. The van der Waals surface area contributed by atoms with Crippen molar-refractivity contribution in [3.8, 4) is 0 Å². The van der Waals surface area contributed by atoms with Gasteiger partial charge in [0.05, 0.1) is 5.54 Å². The largest absolute Gasteiger partial charge is 0.329 e. The highest BCUT2D eigenvalue weighted by atomic mass is 35.5. The number of hydrogen-bond donors (Lipinski definition) is 1. The summed E-state index contributed by atoms with van der Waals surface area (Å²) < 4.78 is 0. The summed E-state index contributed by atoms with van der Waals surface area (Å²) in [6, 6.07) is 8.73.